The zero-order chi connectivity index (χ0) is 13.7. The van der Waals surface area contributed by atoms with Crippen molar-refractivity contribution in [2.45, 2.75) is 39.7 Å². The van der Waals surface area contributed by atoms with Crippen molar-refractivity contribution in [1.82, 2.24) is 14.9 Å². The molecule has 2 aromatic heterocycles. The summed E-state index contributed by atoms with van der Waals surface area (Å²) in [6.07, 6.45) is 6.32. The third-order valence-electron chi connectivity index (χ3n) is 3.25. The van der Waals surface area contributed by atoms with E-state index in [-0.39, 0.29) is 5.91 Å². The summed E-state index contributed by atoms with van der Waals surface area (Å²) in [7, 11) is 0. The van der Waals surface area contributed by atoms with Crippen LogP contribution < -0.4 is 5.32 Å². The number of nitrogens with one attached hydrogen (secondary N) is 1. The summed E-state index contributed by atoms with van der Waals surface area (Å²) in [4.78, 5) is 15.9. The van der Waals surface area contributed by atoms with Crippen LogP contribution in [0.3, 0.4) is 0 Å². The summed E-state index contributed by atoms with van der Waals surface area (Å²) in [5, 5.41) is 4.14. The van der Waals surface area contributed by atoms with E-state index in [1.807, 2.05) is 19.2 Å². The second-order valence-electron chi connectivity index (χ2n) is 4.66. The number of nitrogens with zero attached hydrogens (tertiary/aromatic N) is 2. The second kappa shape index (κ2) is 6.36. The van der Waals surface area contributed by atoms with Gasteiger partial charge in [-0.15, -0.1) is 0 Å². The predicted octanol–water partition coefficient (Wildman–Crippen LogP) is 2.52. The quantitative estimate of drug-likeness (QED) is 0.866. The van der Waals surface area contributed by atoms with Crippen LogP contribution in [0.15, 0.2) is 24.5 Å². The number of pyridine rings is 1. The highest BCUT2D eigenvalue weighted by molar-refractivity contribution is 5.80. The summed E-state index contributed by atoms with van der Waals surface area (Å²) < 4.78 is 2.15. The molecule has 0 saturated heterocycles. The Labute approximate surface area is 113 Å². The van der Waals surface area contributed by atoms with Crippen molar-refractivity contribution in [2.75, 3.05) is 6.54 Å². The minimum Gasteiger partial charge on any atom is -0.356 e. The molecule has 0 atom stereocenters. The first-order chi connectivity index (χ1) is 9.26. The first kappa shape index (κ1) is 13.6. The van der Waals surface area contributed by atoms with Gasteiger partial charge in [-0.2, -0.15) is 0 Å². The normalized spacial score (nSPS) is 10.8. The number of amides is 1. The Morgan fingerprint density at radius 3 is 3.00 bits per heavy atom. The van der Waals surface area contributed by atoms with Crippen molar-refractivity contribution < 1.29 is 4.79 Å². The van der Waals surface area contributed by atoms with Gasteiger partial charge in [-0.3, -0.25) is 4.79 Å². The van der Waals surface area contributed by atoms with Crippen LogP contribution in [0, 0.1) is 0 Å². The van der Waals surface area contributed by atoms with Crippen LogP contribution >= 0.6 is 0 Å². The van der Waals surface area contributed by atoms with Gasteiger partial charge in [-0.1, -0.05) is 6.92 Å². The van der Waals surface area contributed by atoms with Gasteiger partial charge in [-0.25, -0.2) is 4.98 Å². The van der Waals surface area contributed by atoms with Crippen LogP contribution in [0.25, 0.3) is 11.0 Å². The molecule has 0 aliphatic rings. The molecule has 0 unspecified atom stereocenters. The number of carbonyl (C=O) groups excluding carboxylic acids is 1. The lowest BCUT2D eigenvalue weighted by atomic mass is 10.1. The molecule has 4 heteroatoms. The third-order valence-corrected chi connectivity index (χ3v) is 3.25. The zero-order valence-corrected chi connectivity index (χ0v) is 11.6. The van der Waals surface area contributed by atoms with Gasteiger partial charge in [-0.05, 0) is 37.5 Å². The van der Waals surface area contributed by atoms with Gasteiger partial charge in [0.25, 0.3) is 0 Å². The molecule has 0 aliphatic carbocycles. The zero-order valence-electron chi connectivity index (χ0n) is 11.6. The highest BCUT2D eigenvalue weighted by Crippen LogP contribution is 2.19. The van der Waals surface area contributed by atoms with Crippen molar-refractivity contribution in [3.63, 3.8) is 0 Å². The van der Waals surface area contributed by atoms with Gasteiger partial charge in [0.1, 0.15) is 5.65 Å². The molecule has 2 rings (SSSR count). The Morgan fingerprint density at radius 2 is 2.26 bits per heavy atom. The van der Waals surface area contributed by atoms with Gasteiger partial charge in [0, 0.05) is 37.3 Å². The molecule has 1 N–H and O–H groups in total. The Bertz CT molecular complexity index is 560. The SMILES string of the molecule is CCCC(=O)NCCc1cn(CC)c2ncccc12. The van der Waals surface area contributed by atoms with Gasteiger partial charge in [0.2, 0.25) is 5.91 Å². The average molecular weight is 259 g/mol. The fraction of sp³-hybridized carbons (Fsp3) is 0.467. The van der Waals surface area contributed by atoms with E-state index in [0.717, 1.165) is 25.0 Å². The highest BCUT2D eigenvalue weighted by Gasteiger charge is 2.08. The average Bonchev–Trinajstić information content (AvgIpc) is 2.78. The van der Waals surface area contributed by atoms with Gasteiger partial charge < -0.3 is 9.88 Å². The summed E-state index contributed by atoms with van der Waals surface area (Å²) in [5.74, 6) is 0.139. The molecule has 102 valence electrons. The molecule has 0 spiro atoms. The van der Waals surface area contributed by atoms with Crippen molar-refractivity contribution >= 4 is 16.9 Å². The molecule has 0 saturated carbocycles. The summed E-state index contributed by atoms with van der Waals surface area (Å²) in [6, 6.07) is 4.05. The molecule has 1 amide bonds. The van der Waals surface area contributed by atoms with E-state index in [0.29, 0.717) is 13.0 Å². The van der Waals surface area contributed by atoms with Crippen molar-refractivity contribution in [2.24, 2.45) is 0 Å². The Morgan fingerprint density at radius 1 is 1.42 bits per heavy atom. The molecule has 19 heavy (non-hydrogen) atoms. The number of rotatable bonds is 6. The standard InChI is InChI=1S/C15H21N3O/c1-3-6-14(19)16-10-8-12-11-18(4-2)15-13(12)7-5-9-17-15/h5,7,9,11H,3-4,6,8,10H2,1-2H3,(H,16,19). The van der Waals surface area contributed by atoms with E-state index < -0.39 is 0 Å². The number of carbonyl (C=O) groups is 1. The lowest BCUT2D eigenvalue weighted by Crippen LogP contribution is -2.25. The summed E-state index contributed by atoms with van der Waals surface area (Å²) in [6.45, 7) is 5.73. The van der Waals surface area contributed by atoms with Gasteiger partial charge in [0.05, 0.1) is 0 Å². The van der Waals surface area contributed by atoms with Crippen LogP contribution in [0.2, 0.25) is 0 Å². The van der Waals surface area contributed by atoms with Crippen LogP contribution in [0.4, 0.5) is 0 Å². The summed E-state index contributed by atoms with van der Waals surface area (Å²) in [5.41, 5.74) is 2.28. The maximum Gasteiger partial charge on any atom is 0.219 e. The second-order valence-corrected chi connectivity index (χ2v) is 4.66. The van der Waals surface area contributed by atoms with Crippen LogP contribution in [-0.2, 0) is 17.8 Å². The maximum absolute atomic E-state index is 11.4. The smallest absolute Gasteiger partial charge is 0.219 e. The number of aryl methyl sites for hydroxylation is 1. The topological polar surface area (TPSA) is 46.9 Å². The summed E-state index contributed by atoms with van der Waals surface area (Å²) >= 11 is 0. The van der Waals surface area contributed by atoms with E-state index in [1.54, 1.807) is 0 Å². The van der Waals surface area contributed by atoms with E-state index in [1.165, 1.54) is 10.9 Å². The molecule has 0 aromatic carbocycles. The first-order valence-electron chi connectivity index (χ1n) is 6.95. The first-order valence-corrected chi connectivity index (χ1v) is 6.95. The monoisotopic (exact) mass is 259 g/mol. The van der Waals surface area contributed by atoms with Crippen LogP contribution in [0.1, 0.15) is 32.3 Å². The van der Waals surface area contributed by atoms with Gasteiger partial charge in [0.15, 0.2) is 0 Å². The Balaban J connectivity index is 2.06. The lowest BCUT2D eigenvalue weighted by Gasteiger charge is -2.03. The van der Waals surface area contributed by atoms with Gasteiger partial charge >= 0.3 is 0 Å². The third kappa shape index (κ3) is 3.13. The lowest BCUT2D eigenvalue weighted by molar-refractivity contribution is -0.121. The Hall–Kier alpha value is -1.84. The van der Waals surface area contributed by atoms with E-state index in [4.69, 9.17) is 0 Å². The number of hydrogen-bond acceptors (Lipinski definition) is 2. The largest absolute Gasteiger partial charge is 0.356 e. The molecule has 0 aliphatic heterocycles. The minimum atomic E-state index is 0.139. The minimum absolute atomic E-state index is 0.139. The van der Waals surface area contributed by atoms with Crippen molar-refractivity contribution in [3.8, 4) is 0 Å². The highest BCUT2D eigenvalue weighted by atomic mass is 16.1. The fourth-order valence-corrected chi connectivity index (χ4v) is 2.29. The van der Waals surface area contributed by atoms with Crippen LogP contribution in [-0.4, -0.2) is 22.0 Å². The van der Waals surface area contributed by atoms with E-state index in [9.17, 15) is 4.79 Å². The molecule has 2 aromatic rings. The molecule has 0 bridgehead atoms. The van der Waals surface area contributed by atoms with E-state index in [2.05, 4.69) is 34.1 Å². The number of aromatic nitrogens is 2. The molecular weight excluding hydrogens is 238 g/mol. The van der Waals surface area contributed by atoms with E-state index >= 15 is 0 Å². The molecule has 0 radical (unpaired) electrons. The Kier molecular flexibility index (Phi) is 4.55. The van der Waals surface area contributed by atoms with Crippen LogP contribution in [0.5, 0.6) is 0 Å². The number of hydrogen-bond donors (Lipinski definition) is 1. The van der Waals surface area contributed by atoms with Crippen molar-refractivity contribution in [1.29, 1.82) is 0 Å². The molecular formula is C15H21N3O. The maximum atomic E-state index is 11.4. The molecule has 0 fully saturated rings. The molecule has 2 heterocycles. The fourth-order valence-electron chi connectivity index (χ4n) is 2.29. The van der Waals surface area contributed by atoms with Crippen molar-refractivity contribution in [3.05, 3.63) is 30.1 Å². The molecule has 4 nitrogen and oxygen atoms in total. The predicted molar refractivity (Wildman–Crippen MR) is 77.0 cm³/mol. The number of fused-ring (bicyclic) bond motifs is 1.